The SMILES string of the molecule is O=C(NO)[C@@H]1C[C@H]1c1ccc(-c2ncc(C(F)(F)F)[nH]2)cc1. The van der Waals surface area contributed by atoms with Crippen LogP contribution in [-0.2, 0) is 11.0 Å². The van der Waals surface area contributed by atoms with Crippen LogP contribution in [0.3, 0.4) is 0 Å². The van der Waals surface area contributed by atoms with Crippen molar-refractivity contribution >= 4 is 5.91 Å². The molecule has 2 atom stereocenters. The molecule has 1 aliphatic rings. The molecule has 5 nitrogen and oxygen atoms in total. The number of rotatable bonds is 3. The van der Waals surface area contributed by atoms with E-state index in [2.05, 4.69) is 9.97 Å². The van der Waals surface area contributed by atoms with Crippen molar-refractivity contribution in [2.24, 2.45) is 5.92 Å². The lowest BCUT2D eigenvalue weighted by molar-refractivity contribution is -0.140. The fourth-order valence-corrected chi connectivity index (χ4v) is 2.44. The van der Waals surface area contributed by atoms with Crippen molar-refractivity contribution in [3.8, 4) is 11.4 Å². The molecule has 0 aliphatic heterocycles. The monoisotopic (exact) mass is 311 g/mol. The molecule has 0 unspecified atom stereocenters. The summed E-state index contributed by atoms with van der Waals surface area (Å²) in [5.41, 5.74) is 2.16. The average molecular weight is 311 g/mol. The van der Waals surface area contributed by atoms with E-state index in [1.807, 2.05) is 0 Å². The molecule has 1 amide bonds. The van der Waals surface area contributed by atoms with E-state index in [0.717, 1.165) is 11.8 Å². The first-order chi connectivity index (χ1) is 10.4. The molecule has 1 aliphatic carbocycles. The van der Waals surface area contributed by atoms with Crippen LogP contribution in [0.5, 0.6) is 0 Å². The van der Waals surface area contributed by atoms with Crippen LogP contribution in [0, 0.1) is 5.92 Å². The number of nitrogens with one attached hydrogen (secondary N) is 2. The summed E-state index contributed by atoms with van der Waals surface area (Å²) < 4.78 is 37.6. The maximum absolute atomic E-state index is 12.5. The first-order valence-electron chi connectivity index (χ1n) is 6.56. The fraction of sp³-hybridized carbons (Fsp3) is 0.286. The number of imidazole rings is 1. The Morgan fingerprint density at radius 3 is 2.55 bits per heavy atom. The van der Waals surface area contributed by atoms with Crippen molar-refractivity contribution < 1.29 is 23.2 Å². The minimum Gasteiger partial charge on any atom is -0.334 e. The Morgan fingerprint density at radius 1 is 1.32 bits per heavy atom. The van der Waals surface area contributed by atoms with Crippen molar-refractivity contribution in [2.75, 3.05) is 0 Å². The van der Waals surface area contributed by atoms with Gasteiger partial charge in [0.25, 0.3) is 0 Å². The van der Waals surface area contributed by atoms with Gasteiger partial charge in [-0.2, -0.15) is 13.2 Å². The third-order valence-electron chi connectivity index (χ3n) is 3.73. The average Bonchev–Trinajstić information content (AvgIpc) is 3.12. The van der Waals surface area contributed by atoms with Crippen LogP contribution < -0.4 is 5.48 Å². The van der Waals surface area contributed by atoms with Gasteiger partial charge >= 0.3 is 6.18 Å². The van der Waals surface area contributed by atoms with E-state index in [1.54, 1.807) is 29.7 Å². The Labute approximate surface area is 123 Å². The molecule has 0 radical (unpaired) electrons. The molecular weight excluding hydrogens is 299 g/mol. The van der Waals surface area contributed by atoms with Crippen molar-refractivity contribution in [3.05, 3.63) is 41.7 Å². The molecule has 1 fully saturated rings. The number of amides is 1. The zero-order valence-electron chi connectivity index (χ0n) is 11.2. The number of hydrogen-bond donors (Lipinski definition) is 3. The van der Waals surface area contributed by atoms with Crippen LogP contribution in [0.4, 0.5) is 13.2 Å². The van der Waals surface area contributed by atoms with E-state index in [4.69, 9.17) is 5.21 Å². The highest BCUT2D eigenvalue weighted by Gasteiger charge is 2.43. The van der Waals surface area contributed by atoms with Crippen LogP contribution in [0.2, 0.25) is 0 Å². The Hall–Kier alpha value is -2.35. The smallest absolute Gasteiger partial charge is 0.334 e. The number of carbonyl (C=O) groups excluding carboxylic acids is 1. The highest BCUT2D eigenvalue weighted by atomic mass is 19.4. The van der Waals surface area contributed by atoms with E-state index < -0.39 is 17.8 Å². The summed E-state index contributed by atoms with van der Waals surface area (Å²) in [5.74, 6) is -0.505. The van der Waals surface area contributed by atoms with E-state index in [0.29, 0.717) is 12.0 Å². The number of nitrogens with zero attached hydrogens (tertiary/aromatic N) is 1. The maximum Gasteiger partial charge on any atom is 0.432 e. The van der Waals surface area contributed by atoms with Gasteiger partial charge in [0.2, 0.25) is 5.91 Å². The van der Waals surface area contributed by atoms with Gasteiger partial charge < -0.3 is 4.98 Å². The lowest BCUT2D eigenvalue weighted by Crippen LogP contribution is -2.20. The highest BCUT2D eigenvalue weighted by molar-refractivity contribution is 5.81. The number of halogens is 3. The van der Waals surface area contributed by atoms with Gasteiger partial charge in [-0.3, -0.25) is 10.0 Å². The summed E-state index contributed by atoms with van der Waals surface area (Å²) in [6.07, 6.45) is -3.06. The second kappa shape index (κ2) is 5.13. The third kappa shape index (κ3) is 2.69. The van der Waals surface area contributed by atoms with Gasteiger partial charge in [-0.1, -0.05) is 24.3 Å². The number of benzene rings is 1. The number of hydroxylamine groups is 1. The molecule has 2 aromatic rings. The van der Waals surface area contributed by atoms with Crippen LogP contribution in [-0.4, -0.2) is 21.1 Å². The molecule has 1 aromatic carbocycles. The summed E-state index contributed by atoms with van der Waals surface area (Å²) in [6.45, 7) is 0. The van der Waals surface area contributed by atoms with Crippen molar-refractivity contribution in [1.82, 2.24) is 15.4 Å². The normalized spacial score (nSPS) is 20.7. The Kier molecular flexibility index (Phi) is 3.40. The first kappa shape index (κ1) is 14.6. The summed E-state index contributed by atoms with van der Waals surface area (Å²) in [7, 11) is 0. The molecule has 0 saturated heterocycles. The number of aromatic amines is 1. The Balaban J connectivity index is 1.75. The van der Waals surface area contributed by atoms with Crippen molar-refractivity contribution in [2.45, 2.75) is 18.5 Å². The summed E-state index contributed by atoms with van der Waals surface area (Å²) in [6, 6.07) is 6.81. The molecule has 1 aromatic heterocycles. The molecule has 1 heterocycles. The fourth-order valence-electron chi connectivity index (χ4n) is 2.44. The third-order valence-corrected chi connectivity index (χ3v) is 3.73. The van der Waals surface area contributed by atoms with Crippen LogP contribution >= 0.6 is 0 Å². The highest BCUT2D eigenvalue weighted by Crippen LogP contribution is 2.47. The molecule has 8 heteroatoms. The van der Waals surface area contributed by atoms with Crippen molar-refractivity contribution in [3.63, 3.8) is 0 Å². The standard InChI is InChI=1S/C14H12F3N3O2/c15-14(16,17)11-6-18-12(19-11)8-3-1-7(2-4-8)9-5-10(9)13(21)20-22/h1-4,6,9-10,22H,5H2,(H,18,19)(H,20,21)/t9-,10+/m0/s1. The van der Waals surface area contributed by atoms with Gasteiger partial charge in [0.05, 0.1) is 6.20 Å². The second-order valence-electron chi connectivity index (χ2n) is 5.19. The van der Waals surface area contributed by atoms with Gasteiger partial charge in [0, 0.05) is 11.5 Å². The van der Waals surface area contributed by atoms with Gasteiger partial charge in [0.15, 0.2) is 0 Å². The molecule has 1 saturated carbocycles. The number of aromatic nitrogens is 2. The maximum atomic E-state index is 12.5. The predicted octanol–water partition coefficient (Wildman–Crippen LogP) is 2.70. The Morgan fingerprint density at radius 2 is 2.00 bits per heavy atom. The summed E-state index contributed by atoms with van der Waals surface area (Å²) in [4.78, 5) is 17.2. The summed E-state index contributed by atoms with van der Waals surface area (Å²) in [5, 5.41) is 8.57. The largest absolute Gasteiger partial charge is 0.432 e. The van der Waals surface area contributed by atoms with Crippen LogP contribution in [0.1, 0.15) is 23.6 Å². The topological polar surface area (TPSA) is 78.0 Å². The zero-order valence-corrected chi connectivity index (χ0v) is 11.2. The van der Waals surface area contributed by atoms with Crippen LogP contribution in [0.15, 0.2) is 30.5 Å². The quantitative estimate of drug-likeness (QED) is 0.602. The van der Waals surface area contributed by atoms with E-state index >= 15 is 0 Å². The number of alkyl halides is 3. The second-order valence-corrected chi connectivity index (χ2v) is 5.19. The number of hydrogen-bond acceptors (Lipinski definition) is 3. The van der Waals surface area contributed by atoms with E-state index in [-0.39, 0.29) is 17.7 Å². The molecule has 22 heavy (non-hydrogen) atoms. The molecular formula is C14H12F3N3O2. The molecule has 116 valence electrons. The number of carbonyl (C=O) groups is 1. The zero-order chi connectivity index (χ0) is 15.9. The van der Waals surface area contributed by atoms with E-state index in [9.17, 15) is 18.0 Å². The van der Waals surface area contributed by atoms with Gasteiger partial charge in [-0.05, 0) is 17.9 Å². The molecule has 3 N–H and O–H groups in total. The first-order valence-corrected chi connectivity index (χ1v) is 6.56. The molecule has 0 bridgehead atoms. The Bertz CT molecular complexity index is 694. The van der Waals surface area contributed by atoms with E-state index in [1.165, 1.54) is 0 Å². The van der Waals surface area contributed by atoms with Gasteiger partial charge in [-0.25, -0.2) is 10.5 Å². The van der Waals surface area contributed by atoms with Gasteiger partial charge in [-0.15, -0.1) is 0 Å². The van der Waals surface area contributed by atoms with Crippen LogP contribution in [0.25, 0.3) is 11.4 Å². The molecule has 0 spiro atoms. The van der Waals surface area contributed by atoms with Crippen molar-refractivity contribution in [1.29, 1.82) is 0 Å². The minimum atomic E-state index is -4.45. The lowest BCUT2D eigenvalue weighted by atomic mass is 10.1. The minimum absolute atomic E-state index is 0.0311. The predicted molar refractivity (Wildman–Crippen MR) is 69.8 cm³/mol. The number of H-pyrrole nitrogens is 1. The summed E-state index contributed by atoms with van der Waals surface area (Å²) >= 11 is 0. The lowest BCUT2D eigenvalue weighted by Gasteiger charge is -2.03. The van der Waals surface area contributed by atoms with Gasteiger partial charge in [0.1, 0.15) is 11.5 Å². The molecule has 3 rings (SSSR count).